The van der Waals surface area contributed by atoms with E-state index in [1.165, 1.54) is 31.4 Å². The molecule has 1 saturated heterocycles. The van der Waals surface area contributed by atoms with Gasteiger partial charge in [-0.05, 0) is 38.6 Å². The van der Waals surface area contributed by atoms with E-state index >= 15 is 0 Å². The lowest BCUT2D eigenvalue weighted by molar-refractivity contribution is 0.0852. The van der Waals surface area contributed by atoms with Crippen LogP contribution in [0.3, 0.4) is 0 Å². The van der Waals surface area contributed by atoms with Gasteiger partial charge < -0.3 is 15.7 Å². The molecule has 1 unspecified atom stereocenters. The van der Waals surface area contributed by atoms with E-state index in [-0.39, 0.29) is 28.9 Å². The maximum Gasteiger partial charge on any atom is 0.251 e. The van der Waals surface area contributed by atoms with Crippen molar-refractivity contribution in [2.24, 2.45) is 0 Å². The molecule has 1 aliphatic heterocycles. The number of aromatic amines is 1. The Balaban J connectivity index is 1.67. The third kappa shape index (κ3) is 2.56. The van der Waals surface area contributed by atoms with E-state index in [1.807, 2.05) is 0 Å². The van der Waals surface area contributed by atoms with Gasteiger partial charge in [0.25, 0.3) is 11.5 Å². The first-order valence-corrected chi connectivity index (χ1v) is 7.06. The van der Waals surface area contributed by atoms with Crippen LogP contribution in [0.4, 0.5) is 0 Å². The zero-order valence-corrected chi connectivity index (χ0v) is 11.2. The number of carbonyl (C=O) groups is 1. The van der Waals surface area contributed by atoms with Crippen LogP contribution >= 0.6 is 0 Å². The van der Waals surface area contributed by atoms with Crippen molar-refractivity contribution in [1.29, 1.82) is 0 Å². The molecule has 4 N–H and O–H groups in total. The summed E-state index contributed by atoms with van der Waals surface area (Å²) in [6.45, 7) is 0.908. The van der Waals surface area contributed by atoms with Gasteiger partial charge in [-0.2, -0.15) is 0 Å². The lowest BCUT2D eigenvalue weighted by Gasteiger charge is -2.48. The van der Waals surface area contributed by atoms with Crippen LogP contribution in [0.2, 0.25) is 0 Å². The molecule has 1 atom stereocenters. The summed E-state index contributed by atoms with van der Waals surface area (Å²) in [7, 11) is 0. The fourth-order valence-corrected chi connectivity index (χ4v) is 3.19. The van der Waals surface area contributed by atoms with Gasteiger partial charge in [-0.3, -0.25) is 14.6 Å². The number of nitrogens with one attached hydrogen (secondary N) is 3. The molecule has 1 aliphatic carbocycles. The molecule has 6 heteroatoms. The summed E-state index contributed by atoms with van der Waals surface area (Å²) in [5.41, 5.74) is -0.0599. The first-order valence-electron chi connectivity index (χ1n) is 7.06. The Morgan fingerprint density at radius 1 is 1.40 bits per heavy atom. The number of aromatic hydroxyl groups is 1. The van der Waals surface area contributed by atoms with Crippen LogP contribution in [-0.4, -0.2) is 34.1 Å². The fourth-order valence-electron chi connectivity index (χ4n) is 3.19. The van der Waals surface area contributed by atoms with Gasteiger partial charge in [0, 0.05) is 23.7 Å². The Morgan fingerprint density at radius 3 is 2.85 bits per heavy atom. The summed E-state index contributed by atoms with van der Waals surface area (Å²) in [6, 6.07) is 2.61. The van der Waals surface area contributed by atoms with Crippen molar-refractivity contribution in [2.75, 3.05) is 6.54 Å². The van der Waals surface area contributed by atoms with Gasteiger partial charge >= 0.3 is 0 Å². The minimum Gasteiger partial charge on any atom is -0.494 e. The second kappa shape index (κ2) is 4.94. The Bertz CT molecular complexity index is 577. The molecule has 1 saturated carbocycles. The molecule has 0 radical (unpaired) electrons. The summed E-state index contributed by atoms with van der Waals surface area (Å²) in [5.74, 6) is -0.587. The molecule has 1 aromatic heterocycles. The minimum absolute atomic E-state index is 0.130. The van der Waals surface area contributed by atoms with Gasteiger partial charge in [0.05, 0.1) is 5.56 Å². The van der Waals surface area contributed by atoms with Crippen LogP contribution in [0.5, 0.6) is 5.88 Å². The normalized spacial score (nSPS) is 24.1. The smallest absolute Gasteiger partial charge is 0.251 e. The van der Waals surface area contributed by atoms with Gasteiger partial charge in [-0.15, -0.1) is 0 Å². The number of piperidine rings is 1. The van der Waals surface area contributed by atoms with Crippen LogP contribution in [-0.2, 0) is 0 Å². The number of H-pyrrole nitrogens is 1. The van der Waals surface area contributed by atoms with Crippen LogP contribution in [0, 0.1) is 0 Å². The molecular weight excluding hydrogens is 258 g/mol. The topological polar surface area (TPSA) is 94.2 Å². The lowest BCUT2D eigenvalue weighted by atomic mass is 9.70. The molecule has 20 heavy (non-hydrogen) atoms. The fraction of sp³-hybridized carbons (Fsp3) is 0.571. The molecule has 1 amide bonds. The van der Waals surface area contributed by atoms with E-state index in [0.29, 0.717) is 0 Å². The van der Waals surface area contributed by atoms with Crippen molar-refractivity contribution in [2.45, 2.75) is 43.7 Å². The Morgan fingerprint density at radius 2 is 2.20 bits per heavy atom. The highest BCUT2D eigenvalue weighted by molar-refractivity contribution is 5.94. The number of amides is 1. The van der Waals surface area contributed by atoms with Crippen molar-refractivity contribution < 1.29 is 9.90 Å². The number of hydrogen-bond donors (Lipinski definition) is 4. The molecule has 3 rings (SSSR count). The third-order valence-electron chi connectivity index (χ3n) is 4.37. The van der Waals surface area contributed by atoms with Gasteiger partial charge in [0.2, 0.25) is 0 Å². The monoisotopic (exact) mass is 277 g/mol. The van der Waals surface area contributed by atoms with E-state index in [1.54, 1.807) is 0 Å². The molecule has 2 aliphatic rings. The molecular formula is C14H19N3O3. The van der Waals surface area contributed by atoms with E-state index < -0.39 is 5.56 Å². The summed E-state index contributed by atoms with van der Waals surface area (Å²) < 4.78 is 0. The van der Waals surface area contributed by atoms with E-state index in [0.717, 1.165) is 19.4 Å². The Labute approximate surface area is 116 Å². The van der Waals surface area contributed by atoms with Crippen molar-refractivity contribution >= 4 is 5.91 Å². The second-order valence-corrected chi connectivity index (χ2v) is 5.84. The van der Waals surface area contributed by atoms with Crippen molar-refractivity contribution in [3.05, 3.63) is 28.0 Å². The van der Waals surface area contributed by atoms with Crippen molar-refractivity contribution in [3.8, 4) is 5.88 Å². The highest BCUT2D eigenvalue weighted by Gasteiger charge is 2.41. The average Bonchev–Trinajstić information content (AvgIpc) is 2.36. The van der Waals surface area contributed by atoms with Gasteiger partial charge in [-0.25, -0.2) is 0 Å². The zero-order chi connectivity index (χ0) is 14.2. The lowest BCUT2D eigenvalue weighted by Crippen LogP contribution is -2.59. The van der Waals surface area contributed by atoms with E-state index in [4.69, 9.17) is 0 Å². The highest BCUT2D eigenvalue weighted by atomic mass is 16.3. The van der Waals surface area contributed by atoms with E-state index in [2.05, 4.69) is 15.6 Å². The summed E-state index contributed by atoms with van der Waals surface area (Å²) in [4.78, 5) is 25.6. The van der Waals surface area contributed by atoms with Crippen molar-refractivity contribution in [1.82, 2.24) is 15.6 Å². The maximum atomic E-state index is 12.1. The number of aromatic nitrogens is 1. The first kappa shape index (κ1) is 13.2. The van der Waals surface area contributed by atoms with Gasteiger partial charge in [-0.1, -0.05) is 0 Å². The summed E-state index contributed by atoms with van der Waals surface area (Å²) >= 11 is 0. The minimum atomic E-state index is -0.476. The predicted molar refractivity (Wildman–Crippen MR) is 73.8 cm³/mol. The van der Waals surface area contributed by atoms with Crippen molar-refractivity contribution in [3.63, 3.8) is 0 Å². The number of hydrogen-bond acceptors (Lipinski definition) is 4. The number of rotatable bonds is 2. The molecule has 6 nitrogen and oxygen atoms in total. The molecule has 108 valence electrons. The average molecular weight is 277 g/mol. The first-order chi connectivity index (χ1) is 9.56. The third-order valence-corrected chi connectivity index (χ3v) is 4.37. The molecule has 1 spiro atoms. The maximum absolute atomic E-state index is 12.1. The second-order valence-electron chi connectivity index (χ2n) is 5.84. The van der Waals surface area contributed by atoms with Crippen LogP contribution in [0.15, 0.2) is 16.9 Å². The quantitative estimate of drug-likeness (QED) is 0.632. The largest absolute Gasteiger partial charge is 0.494 e. The van der Waals surface area contributed by atoms with E-state index in [9.17, 15) is 14.7 Å². The molecule has 1 aromatic rings. The SMILES string of the molecule is O=C(NC1CCNC2(CCC2)C1)c1cc(O)[nH]c(=O)c1. The molecule has 2 heterocycles. The van der Waals surface area contributed by atoms with Gasteiger partial charge in [0.1, 0.15) is 0 Å². The Hall–Kier alpha value is -1.82. The molecule has 2 fully saturated rings. The molecule has 0 aromatic carbocycles. The summed E-state index contributed by atoms with van der Waals surface area (Å²) in [6.07, 6.45) is 5.42. The zero-order valence-electron chi connectivity index (χ0n) is 11.2. The highest BCUT2D eigenvalue weighted by Crippen LogP contribution is 2.38. The molecule has 0 bridgehead atoms. The number of pyridine rings is 1. The number of carbonyl (C=O) groups excluding carboxylic acids is 1. The summed E-state index contributed by atoms with van der Waals surface area (Å²) in [5, 5.41) is 15.9. The van der Waals surface area contributed by atoms with Crippen LogP contribution in [0.1, 0.15) is 42.5 Å². The predicted octanol–water partition coefficient (Wildman–Crippen LogP) is 0.485. The van der Waals surface area contributed by atoms with Gasteiger partial charge in [0.15, 0.2) is 5.88 Å². The Kier molecular flexibility index (Phi) is 3.25. The van der Waals surface area contributed by atoms with Crippen LogP contribution < -0.4 is 16.2 Å². The van der Waals surface area contributed by atoms with Crippen LogP contribution in [0.25, 0.3) is 0 Å². The standard InChI is InChI=1S/C14H19N3O3/c18-11-6-9(7-12(19)17-11)13(20)16-10-2-5-15-14(8-10)3-1-4-14/h6-7,10,15H,1-5,8H2,(H,16,20)(H2,17,18,19).